The van der Waals surface area contributed by atoms with Gasteiger partial charge in [-0.05, 0) is 19.4 Å². The summed E-state index contributed by atoms with van der Waals surface area (Å²) in [5, 5.41) is 11.1. The summed E-state index contributed by atoms with van der Waals surface area (Å²) >= 11 is 0. The Balaban J connectivity index is 3.34. The van der Waals surface area contributed by atoms with Gasteiger partial charge in [0.1, 0.15) is 0 Å². The summed E-state index contributed by atoms with van der Waals surface area (Å²) in [6.07, 6.45) is 0.469. The van der Waals surface area contributed by atoms with Crippen molar-refractivity contribution in [3.8, 4) is 11.5 Å². The van der Waals surface area contributed by atoms with Gasteiger partial charge in [-0.2, -0.15) is 0 Å². The lowest BCUT2D eigenvalue weighted by atomic mass is 9.99. The topological polar surface area (TPSA) is 87.6 Å². The number of nitro benzene ring substituents is 1. The van der Waals surface area contributed by atoms with E-state index < -0.39 is 11.0 Å². The van der Waals surface area contributed by atoms with Crippen molar-refractivity contribution in [2.24, 2.45) is 5.73 Å². The van der Waals surface area contributed by atoms with Gasteiger partial charge in [0.25, 0.3) is 5.69 Å². The molecular formula is C13H18N2O4. The Morgan fingerprint density at radius 1 is 1.42 bits per heavy atom. The first-order valence-electron chi connectivity index (χ1n) is 5.71. The lowest BCUT2D eigenvalue weighted by Gasteiger charge is -2.15. The summed E-state index contributed by atoms with van der Waals surface area (Å²) in [5.41, 5.74) is 7.18. The van der Waals surface area contributed by atoms with Crippen LogP contribution in [0.15, 0.2) is 24.3 Å². The third-order valence-corrected chi connectivity index (χ3v) is 2.70. The van der Waals surface area contributed by atoms with Crippen LogP contribution in [0.1, 0.15) is 24.9 Å². The lowest BCUT2D eigenvalue weighted by Crippen LogP contribution is -2.13. The Bertz CT molecular complexity index is 500. The zero-order valence-corrected chi connectivity index (χ0v) is 11.3. The number of nitro groups is 1. The van der Waals surface area contributed by atoms with Crippen molar-refractivity contribution >= 4 is 5.69 Å². The first kappa shape index (κ1) is 15.0. The van der Waals surface area contributed by atoms with E-state index in [-0.39, 0.29) is 5.69 Å². The maximum Gasteiger partial charge on any atom is 0.278 e. The number of methoxy groups -OCH3 is 2. The summed E-state index contributed by atoms with van der Waals surface area (Å²) in [6.45, 7) is 5.59. The van der Waals surface area contributed by atoms with E-state index in [4.69, 9.17) is 15.2 Å². The van der Waals surface area contributed by atoms with Gasteiger partial charge in [-0.3, -0.25) is 10.1 Å². The molecule has 0 bridgehead atoms. The van der Waals surface area contributed by atoms with E-state index in [0.29, 0.717) is 23.5 Å². The van der Waals surface area contributed by atoms with Crippen LogP contribution in [-0.2, 0) is 0 Å². The molecule has 0 heterocycles. The van der Waals surface area contributed by atoms with Crippen LogP contribution in [0.4, 0.5) is 5.69 Å². The lowest BCUT2D eigenvalue weighted by molar-refractivity contribution is -0.385. The van der Waals surface area contributed by atoms with E-state index in [1.807, 2.05) is 6.92 Å². The van der Waals surface area contributed by atoms with Crippen LogP contribution in [0.5, 0.6) is 11.5 Å². The Morgan fingerprint density at radius 3 is 2.37 bits per heavy atom. The van der Waals surface area contributed by atoms with Crippen LogP contribution in [-0.4, -0.2) is 19.1 Å². The van der Waals surface area contributed by atoms with E-state index in [0.717, 1.165) is 5.57 Å². The van der Waals surface area contributed by atoms with Gasteiger partial charge >= 0.3 is 0 Å². The summed E-state index contributed by atoms with van der Waals surface area (Å²) in [6, 6.07) is 2.37. The molecule has 0 saturated heterocycles. The van der Waals surface area contributed by atoms with Gasteiger partial charge in [-0.1, -0.05) is 5.57 Å². The van der Waals surface area contributed by atoms with Crippen molar-refractivity contribution in [1.82, 2.24) is 0 Å². The number of rotatable bonds is 6. The molecule has 0 spiro atoms. The average molecular weight is 266 g/mol. The van der Waals surface area contributed by atoms with Crippen LogP contribution < -0.4 is 15.2 Å². The molecule has 1 atom stereocenters. The van der Waals surface area contributed by atoms with Crippen molar-refractivity contribution in [3.05, 3.63) is 40.0 Å². The first-order valence-corrected chi connectivity index (χ1v) is 5.71. The smallest absolute Gasteiger partial charge is 0.278 e. The van der Waals surface area contributed by atoms with E-state index in [1.54, 1.807) is 6.07 Å². The van der Waals surface area contributed by atoms with Gasteiger partial charge in [-0.25, -0.2) is 0 Å². The van der Waals surface area contributed by atoms with Crippen LogP contribution in [0.2, 0.25) is 0 Å². The molecule has 2 N–H and O–H groups in total. The van der Waals surface area contributed by atoms with Gasteiger partial charge < -0.3 is 15.2 Å². The van der Waals surface area contributed by atoms with E-state index >= 15 is 0 Å². The van der Waals surface area contributed by atoms with Crippen molar-refractivity contribution in [2.45, 2.75) is 19.4 Å². The van der Waals surface area contributed by atoms with Gasteiger partial charge in [-0.15, -0.1) is 6.58 Å². The monoisotopic (exact) mass is 266 g/mol. The Kier molecular flexibility index (Phi) is 4.88. The van der Waals surface area contributed by atoms with Crippen LogP contribution in [0.25, 0.3) is 0 Å². The molecule has 0 amide bonds. The highest BCUT2D eigenvalue weighted by Crippen LogP contribution is 2.37. The second-order valence-electron chi connectivity index (χ2n) is 4.29. The molecule has 1 aromatic rings. The highest BCUT2D eigenvalue weighted by molar-refractivity contribution is 5.55. The zero-order chi connectivity index (χ0) is 14.6. The minimum absolute atomic E-state index is 0.0774. The summed E-state index contributed by atoms with van der Waals surface area (Å²) in [7, 11) is 2.90. The number of hydrogen-bond acceptors (Lipinski definition) is 5. The van der Waals surface area contributed by atoms with Crippen molar-refractivity contribution in [1.29, 1.82) is 0 Å². The second-order valence-corrected chi connectivity index (χ2v) is 4.29. The molecule has 6 heteroatoms. The Labute approximate surface area is 112 Å². The number of nitrogens with zero attached hydrogens (tertiary/aromatic N) is 1. The fourth-order valence-corrected chi connectivity index (χ4v) is 1.82. The molecule has 104 valence electrons. The molecule has 1 rings (SSSR count). The Morgan fingerprint density at radius 2 is 1.95 bits per heavy atom. The maximum atomic E-state index is 11.1. The molecule has 1 aromatic carbocycles. The predicted octanol–water partition coefficient (Wildman–Crippen LogP) is 2.58. The van der Waals surface area contributed by atoms with Gasteiger partial charge in [0, 0.05) is 6.04 Å². The SMILES string of the molecule is C=C(C)C[C@H](N)c1cc(OC)c(OC)cc1[N+](=O)[O-]. The molecule has 6 nitrogen and oxygen atoms in total. The third-order valence-electron chi connectivity index (χ3n) is 2.70. The van der Waals surface area contributed by atoms with Crippen molar-refractivity contribution in [3.63, 3.8) is 0 Å². The number of ether oxygens (including phenoxy) is 2. The largest absolute Gasteiger partial charge is 0.493 e. The van der Waals surface area contributed by atoms with Gasteiger partial charge in [0.15, 0.2) is 11.5 Å². The molecule has 0 aliphatic heterocycles. The van der Waals surface area contributed by atoms with Crippen molar-refractivity contribution in [2.75, 3.05) is 14.2 Å². The van der Waals surface area contributed by atoms with E-state index in [9.17, 15) is 10.1 Å². The second kappa shape index (κ2) is 6.19. The normalized spacial score (nSPS) is 11.8. The highest BCUT2D eigenvalue weighted by atomic mass is 16.6. The molecule has 19 heavy (non-hydrogen) atoms. The minimum atomic E-state index is -0.502. The summed E-state index contributed by atoms with van der Waals surface area (Å²) in [4.78, 5) is 10.6. The van der Waals surface area contributed by atoms with Crippen LogP contribution >= 0.6 is 0 Å². The third kappa shape index (κ3) is 3.45. The predicted molar refractivity (Wildman–Crippen MR) is 72.6 cm³/mol. The highest BCUT2D eigenvalue weighted by Gasteiger charge is 2.23. The first-order chi connectivity index (χ1) is 8.90. The summed E-state index contributed by atoms with van der Waals surface area (Å²) < 4.78 is 10.2. The molecule has 0 fully saturated rings. The fraction of sp³-hybridized carbons (Fsp3) is 0.385. The van der Waals surface area contributed by atoms with Crippen LogP contribution in [0, 0.1) is 10.1 Å². The molecule has 0 aromatic heterocycles. The minimum Gasteiger partial charge on any atom is -0.493 e. The maximum absolute atomic E-state index is 11.1. The molecule has 0 aliphatic carbocycles. The van der Waals surface area contributed by atoms with Crippen molar-refractivity contribution < 1.29 is 14.4 Å². The van der Waals surface area contributed by atoms with E-state index in [2.05, 4.69) is 6.58 Å². The fourth-order valence-electron chi connectivity index (χ4n) is 1.82. The van der Waals surface area contributed by atoms with Gasteiger partial charge in [0.2, 0.25) is 0 Å². The number of hydrogen-bond donors (Lipinski definition) is 1. The molecule has 0 saturated carbocycles. The molecule has 0 radical (unpaired) electrons. The zero-order valence-electron chi connectivity index (χ0n) is 11.3. The van der Waals surface area contributed by atoms with Gasteiger partial charge in [0.05, 0.1) is 30.8 Å². The average Bonchev–Trinajstić information content (AvgIpc) is 2.35. The number of nitrogens with two attached hydrogens (primary N) is 1. The molecule has 0 aliphatic rings. The van der Waals surface area contributed by atoms with E-state index in [1.165, 1.54) is 20.3 Å². The summed E-state index contributed by atoms with van der Waals surface area (Å²) in [5.74, 6) is 0.723. The van der Waals surface area contributed by atoms with Crippen LogP contribution in [0.3, 0.4) is 0 Å². The standard InChI is InChI=1S/C13H18N2O4/c1-8(2)5-10(14)9-6-12(18-3)13(19-4)7-11(9)15(16)17/h6-7,10H,1,5,14H2,2-4H3/t10-/m0/s1. The molecule has 0 unspecified atom stereocenters. The number of benzene rings is 1. The Hall–Kier alpha value is -2.08. The quantitative estimate of drug-likeness (QED) is 0.485. The molecular weight excluding hydrogens is 248 g/mol.